The SMILES string of the molecule is O=C(O)C1CSCCN1C(=O)CSc1ccncc1. The van der Waals surface area contributed by atoms with Crippen LogP contribution >= 0.6 is 23.5 Å². The Bertz CT molecular complexity index is 456. The molecular formula is C12H14N2O3S2. The summed E-state index contributed by atoms with van der Waals surface area (Å²) < 4.78 is 0. The van der Waals surface area contributed by atoms with Gasteiger partial charge in [0.2, 0.25) is 5.91 Å². The fourth-order valence-corrected chi connectivity index (χ4v) is 3.58. The average Bonchev–Trinajstić information content (AvgIpc) is 2.46. The van der Waals surface area contributed by atoms with Gasteiger partial charge in [-0.05, 0) is 12.1 Å². The molecule has 0 radical (unpaired) electrons. The Hall–Kier alpha value is -1.21. The molecule has 0 aromatic carbocycles. The highest BCUT2D eigenvalue weighted by Crippen LogP contribution is 2.21. The lowest BCUT2D eigenvalue weighted by Gasteiger charge is -2.32. The van der Waals surface area contributed by atoms with Crippen LogP contribution in [0, 0.1) is 0 Å². The molecule has 2 heterocycles. The van der Waals surface area contributed by atoms with Crippen LogP contribution < -0.4 is 0 Å². The predicted molar refractivity (Wildman–Crippen MR) is 75.4 cm³/mol. The Morgan fingerprint density at radius 3 is 2.89 bits per heavy atom. The number of amides is 1. The van der Waals surface area contributed by atoms with Gasteiger partial charge in [0, 0.05) is 35.3 Å². The van der Waals surface area contributed by atoms with Gasteiger partial charge in [-0.3, -0.25) is 9.78 Å². The summed E-state index contributed by atoms with van der Waals surface area (Å²) in [5.74, 6) is 0.499. The first-order valence-corrected chi connectivity index (χ1v) is 7.95. The summed E-state index contributed by atoms with van der Waals surface area (Å²) in [5.41, 5.74) is 0. The molecule has 7 heteroatoms. The van der Waals surface area contributed by atoms with Crippen molar-refractivity contribution in [2.75, 3.05) is 23.8 Å². The second kappa shape index (κ2) is 6.81. The zero-order valence-electron chi connectivity index (χ0n) is 10.2. The number of carbonyl (C=O) groups excluding carboxylic acids is 1. The number of nitrogens with zero attached hydrogens (tertiary/aromatic N) is 2. The van der Waals surface area contributed by atoms with Gasteiger partial charge in [0.25, 0.3) is 0 Å². The van der Waals surface area contributed by atoms with E-state index < -0.39 is 12.0 Å². The van der Waals surface area contributed by atoms with Crippen molar-refractivity contribution in [2.24, 2.45) is 0 Å². The highest BCUT2D eigenvalue weighted by Gasteiger charge is 2.31. The van der Waals surface area contributed by atoms with Crippen LogP contribution in [0.15, 0.2) is 29.4 Å². The first kappa shape index (κ1) is 14.2. The minimum absolute atomic E-state index is 0.116. The van der Waals surface area contributed by atoms with Gasteiger partial charge in [0.15, 0.2) is 0 Å². The van der Waals surface area contributed by atoms with Crippen LogP contribution in [0.2, 0.25) is 0 Å². The van der Waals surface area contributed by atoms with Gasteiger partial charge in [-0.1, -0.05) is 0 Å². The van der Waals surface area contributed by atoms with E-state index >= 15 is 0 Å². The molecule has 1 unspecified atom stereocenters. The zero-order valence-corrected chi connectivity index (χ0v) is 11.8. The topological polar surface area (TPSA) is 70.5 Å². The van der Waals surface area contributed by atoms with Crippen molar-refractivity contribution in [1.29, 1.82) is 0 Å². The summed E-state index contributed by atoms with van der Waals surface area (Å²) in [6.07, 6.45) is 3.34. The Balaban J connectivity index is 1.93. The molecule has 0 bridgehead atoms. The Kier molecular flexibility index (Phi) is 5.09. The van der Waals surface area contributed by atoms with E-state index in [1.165, 1.54) is 16.7 Å². The van der Waals surface area contributed by atoms with Crippen molar-refractivity contribution in [1.82, 2.24) is 9.88 Å². The fourth-order valence-electron chi connectivity index (χ4n) is 1.77. The maximum atomic E-state index is 12.1. The number of hydrogen-bond acceptors (Lipinski definition) is 5. The molecule has 2 rings (SSSR count). The van der Waals surface area contributed by atoms with E-state index in [9.17, 15) is 9.59 Å². The number of pyridine rings is 1. The normalized spacial score (nSPS) is 19.2. The highest BCUT2D eigenvalue weighted by atomic mass is 32.2. The lowest BCUT2D eigenvalue weighted by atomic mass is 10.2. The van der Waals surface area contributed by atoms with Gasteiger partial charge in [-0.15, -0.1) is 11.8 Å². The molecule has 1 atom stereocenters. The second-order valence-electron chi connectivity index (χ2n) is 3.99. The van der Waals surface area contributed by atoms with Crippen molar-refractivity contribution in [3.63, 3.8) is 0 Å². The van der Waals surface area contributed by atoms with E-state index in [1.54, 1.807) is 24.2 Å². The summed E-state index contributed by atoms with van der Waals surface area (Å²) in [4.78, 5) is 29.6. The molecule has 1 fully saturated rings. The molecule has 1 saturated heterocycles. The van der Waals surface area contributed by atoms with Crippen LogP contribution in [-0.2, 0) is 9.59 Å². The molecule has 19 heavy (non-hydrogen) atoms. The molecule has 1 N–H and O–H groups in total. The van der Waals surface area contributed by atoms with E-state index in [4.69, 9.17) is 5.11 Å². The molecule has 1 amide bonds. The summed E-state index contributed by atoms with van der Waals surface area (Å²) >= 11 is 2.98. The highest BCUT2D eigenvalue weighted by molar-refractivity contribution is 8.00. The molecule has 1 aromatic heterocycles. The van der Waals surface area contributed by atoms with Gasteiger partial charge in [-0.25, -0.2) is 4.79 Å². The van der Waals surface area contributed by atoms with E-state index in [0.717, 1.165) is 10.6 Å². The van der Waals surface area contributed by atoms with Crippen LogP contribution in [0.5, 0.6) is 0 Å². The third-order valence-electron chi connectivity index (χ3n) is 2.75. The first-order valence-electron chi connectivity index (χ1n) is 5.81. The quantitative estimate of drug-likeness (QED) is 0.842. The first-order chi connectivity index (χ1) is 9.18. The number of aromatic nitrogens is 1. The van der Waals surface area contributed by atoms with Gasteiger partial charge >= 0.3 is 5.97 Å². The summed E-state index contributed by atoms with van der Waals surface area (Å²) in [6.45, 7) is 0.511. The molecule has 0 spiro atoms. The van der Waals surface area contributed by atoms with Crippen molar-refractivity contribution in [2.45, 2.75) is 10.9 Å². The standard InChI is InChI=1S/C12H14N2O3S2/c15-11(8-19-9-1-3-13-4-2-9)14-5-6-18-7-10(14)12(16)17/h1-4,10H,5-8H2,(H,16,17). The molecular weight excluding hydrogens is 284 g/mol. The third-order valence-corrected chi connectivity index (χ3v) is 4.77. The molecule has 5 nitrogen and oxygen atoms in total. The minimum atomic E-state index is -0.922. The maximum absolute atomic E-state index is 12.1. The summed E-state index contributed by atoms with van der Waals surface area (Å²) in [7, 11) is 0. The Labute approximate surface area is 119 Å². The number of thioether (sulfide) groups is 2. The third kappa shape index (κ3) is 3.87. The molecule has 0 saturated carbocycles. The fraction of sp³-hybridized carbons (Fsp3) is 0.417. The van der Waals surface area contributed by atoms with E-state index in [2.05, 4.69) is 4.98 Å². The van der Waals surface area contributed by atoms with Crippen molar-refractivity contribution in [3.8, 4) is 0 Å². The van der Waals surface area contributed by atoms with Crippen LogP contribution in [0.4, 0.5) is 0 Å². The molecule has 1 aromatic rings. The minimum Gasteiger partial charge on any atom is -0.480 e. The van der Waals surface area contributed by atoms with E-state index in [-0.39, 0.29) is 11.7 Å². The lowest BCUT2D eigenvalue weighted by molar-refractivity contribution is -0.148. The monoisotopic (exact) mass is 298 g/mol. The smallest absolute Gasteiger partial charge is 0.327 e. The number of carbonyl (C=O) groups is 2. The largest absolute Gasteiger partial charge is 0.480 e. The zero-order chi connectivity index (χ0) is 13.7. The number of hydrogen-bond donors (Lipinski definition) is 1. The summed E-state index contributed by atoms with van der Waals surface area (Å²) in [6, 6.07) is 2.97. The Morgan fingerprint density at radius 2 is 2.21 bits per heavy atom. The van der Waals surface area contributed by atoms with Crippen LogP contribution in [0.3, 0.4) is 0 Å². The van der Waals surface area contributed by atoms with Crippen LogP contribution in [0.25, 0.3) is 0 Å². The van der Waals surface area contributed by atoms with E-state index in [1.807, 2.05) is 12.1 Å². The van der Waals surface area contributed by atoms with Crippen molar-refractivity contribution >= 4 is 35.4 Å². The Morgan fingerprint density at radius 1 is 1.47 bits per heavy atom. The summed E-state index contributed by atoms with van der Waals surface area (Å²) in [5, 5.41) is 9.12. The second-order valence-corrected chi connectivity index (χ2v) is 6.19. The average molecular weight is 298 g/mol. The van der Waals surface area contributed by atoms with Gasteiger partial charge in [0.1, 0.15) is 6.04 Å². The number of rotatable bonds is 4. The van der Waals surface area contributed by atoms with Crippen LogP contribution in [-0.4, -0.2) is 56.7 Å². The molecule has 102 valence electrons. The number of aliphatic carboxylic acids is 1. The van der Waals surface area contributed by atoms with Crippen molar-refractivity contribution in [3.05, 3.63) is 24.5 Å². The van der Waals surface area contributed by atoms with Gasteiger partial charge in [-0.2, -0.15) is 11.8 Å². The predicted octanol–water partition coefficient (Wildman–Crippen LogP) is 1.20. The van der Waals surface area contributed by atoms with E-state index in [0.29, 0.717) is 12.3 Å². The van der Waals surface area contributed by atoms with Crippen LogP contribution in [0.1, 0.15) is 0 Å². The number of carboxylic acid groups (broad SMARTS) is 1. The molecule has 0 aliphatic carbocycles. The lowest BCUT2D eigenvalue weighted by Crippen LogP contribution is -2.50. The maximum Gasteiger partial charge on any atom is 0.327 e. The van der Waals surface area contributed by atoms with Gasteiger partial charge in [0.05, 0.1) is 5.75 Å². The molecule has 1 aliphatic rings. The number of carboxylic acids is 1. The molecule has 1 aliphatic heterocycles. The van der Waals surface area contributed by atoms with Gasteiger partial charge < -0.3 is 10.0 Å². The van der Waals surface area contributed by atoms with Crippen molar-refractivity contribution < 1.29 is 14.7 Å².